The van der Waals surface area contributed by atoms with Gasteiger partial charge in [-0.3, -0.25) is 4.52 Å². The lowest BCUT2D eigenvalue weighted by Gasteiger charge is -2.18. The molecule has 70 valence electrons. The number of terminal acetylenes is 1. The normalized spacial score (nSPS) is 16.6. The zero-order valence-corrected chi connectivity index (χ0v) is 9.23. The molecule has 0 radical (unpaired) electrons. The highest BCUT2D eigenvalue weighted by Gasteiger charge is 2.31. The first-order valence-electron chi connectivity index (χ1n) is 3.35. The molecule has 0 spiro atoms. The SMILES string of the molecule is C#CCOP(=O)(F)O[Si](C)(C)C. The van der Waals surface area contributed by atoms with Gasteiger partial charge in [0, 0.05) is 0 Å². The van der Waals surface area contributed by atoms with Crippen LogP contribution in [0.5, 0.6) is 0 Å². The first-order chi connectivity index (χ1) is 5.27. The lowest BCUT2D eigenvalue weighted by Crippen LogP contribution is -2.23. The predicted molar refractivity (Wildman–Crippen MR) is 47.9 cm³/mol. The molecule has 0 bridgehead atoms. The minimum Gasteiger partial charge on any atom is -0.327 e. The molecule has 0 saturated heterocycles. The van der Waals surface area contributed by atoms with E-state index in [9.17, 15) is 8.76 Å². The summed E-state index contributed by atoms with van der Waals surface area (Å²) in [5, 5.41) is 0. The van der Waals surface area contributed by atoms with Crippen molar-refractivity contribution in [2.45, 2.75) is 19.6 Å². The molecule has 0 saturated carbocycles. The van der Waals surface area contributed by atoms with Crippen molar-refractivity contribution < 1.29 is 17.5 Å². The summed E-state index contributed by atoms with van der Waals surface area (Å²) in [5.74, 6) is 2.01. The Labute approximate surface area is 73.0 Å². The van der Waals surface area contributed by atoms with Crippen LogP contribution in [0.4, 0.5) is 4.20 Å². The second-order valence-electron chi connectivity index (χ2n) is 3.11. The fourth-order valence-corrected chi connectivity index (χ4v) is 3.52. The lowest BCUT2D eigenvalue weighted by atomic mass is 10.8. The average molecular weight is 210 g/mol. The maximum Gasteiger partial charge on any atom is 0.504 e. The van der Waals surface area contributed by atoms with Crippen LogP contribution in [0.3, 0.4) is 0 Å². The Bertz CT molecular complexity index is 230. The fraction of sp³-hybridized carbons (Fsp3) is 0.667. The summed E-state index contributed by atoms with van der Waals surface area (Å²) < 4.78 is 32.5. The van der Waals surface area contributed by atoms with E-state index in [2.05, 4.69) is 8.74 Å². The Balaban J connectivity index is 4.07. The highest BCUT2D eigenvalue weighted by Crippen LogP contribution is 2.51. The molecule has 0 amide bonds. The molecule has 6 heteroatoms. The second-order valence-corrected chi connectivity index (χ2v) is 9.19. The summed E-state index contributed by atoms with van der Waals surface area (Å²) in [6, 6.07) is 0. The van der Waals surface area contributed by atoms with E-state index in [1.165, 1.54) is 0 Å². The fourth-order valence-electron chi connectivity index (χ4n) is 0.468. The third kappa shape index (κ3) is 6.56. The van der Waals surface area contributed by atoms with Crippen LogP contribution in [0, 0.1) is 12.3 Å². The molecule has 0 aromatic heterocycles. The van der Waals surface area contributed by atoms with Crippen molar-refractivity contribution in [1.29, 1.82) is 0 Å². The van der Waals surface area contributed by atoms with Crippen molar-refractivity contribution in [2.75, 3.05) is 6.61 Å². The van der Waals surface area contributed by atoms with E-state index >= 15 is 0 Å². The third-order valence-electron chi connectivity index (χ3n) is 0.685. The van der Waals surface area contributed by atoms with Gasteiger partial charge in [0.1, 0.15) is 6.61 Å². The van der Waals surface area contributed by atoms with Crippen LogP contribution >= 0.6 is 7.91 Å². The molecule has 1 atom stereocenters. The number of hydrogen-bond donors (Lipinski definition) is 0. The molecular weight excluding hydrogens is 198 g/mol. The van der Waals surface area contributed by atoms with Gasteiger partial charge in [-0.1, -0.05) is 5.92 Å². The molecule has 12 heavy (non-hydrogen) atoms. The van der Waals surface area contributed by atoms with Gasteiger partial charge in [0.2, 0.25) is 0 Å². The third-order valence-corrected chi connectivity index (χ3v) is 4.19. The molecular formula is C6H12FO3PSi. The zero-order chi connectivity index (χ0) is 9.83. The average Bonchev–Trinajstić information content (AvgIpc) is 1.78. The van der Waals surface area contributed by atoms with Crippen LogP contribution in [0.2, 0.25) is 19.6 Å². The maximum atomic E-state index is 12.8. The van der Waals surface area contributed by atoms with Crippen molar-refractivity contribution in [1.82, 2.24) is 0 Å². The van der Waals surface area contributed by atoms with E-state index in [-0.39, 0.29) is 6.61 Å². The smallest absolute Gasteiger partial charge is 0.327 e. The first-order valence-corrected chi connectivity index (χ1v) is 8.19. The van der Waals surface area contributed by atoms with Crippen LogP contribution < -0.4 is 0 Å². The number of hydrogen-bond acceptors (Lipinski definition) is 3. The van der Waals surface area contributed by atoms with Crippen LogP contribution in [-0.2, 0) is 13.3 Å². The summed E-state index contributed by atoms with van der Waals surface area (Å²) in [6.45, 7) is 4.79. The Morgan fingerprint density at radius 2 is 2.08 bits per heavy atom. The van der Waals surface area contributed by atoms with Gasteiger partial charge in [-0.15, -0.1) is 10.6 Å². The highest BCUT2D eigenvalue weighted by molar-refractivity contribution is 7.49. The van der Waals surface area contributed by atoms with Crippen LogP contribution in [0.25, 0.3) is 0 Å². The largest absolute Gasteiger partial charge is 0.504 e. The molecule has 0 aliphatic rings. The summed E-state index contributed by atoms with van der Waals surface area (Å²) in [5.41, 5.74) is 0. The van der Waals surface area contributed by atoms with Gasteiger partial charge in [0.25, 0.3) is 0 Å². The van der Waals surface area contributed by atoms with Crippen LogP contribution in [-0.4, -0.2) is 14.9 Å². The highest BCUT2D eigenvalue weighted by atomic mass is 31.2. The Kier molecular flexibility index (Phi) is 4.15. The molecule has 0 N–H and O–H groups in total. The molecule has 0 aromatic rings. The van der Waals surface area contributed by atoms with E-state index in [0.29, 0.717) is 0 Å². The minimum atomic E-state index is -4.41. The van der Waals surface area contributed by atoms with Crippen molar-refractivity contribution >= 4 is 16.2 Å². The minimum absolute atomic E-state index is 0.335. The van der Waals surface area contributed by atoms with E-state index < -0.39 is 16.2 Å². The van der Waals surface area contributed by atoms with Gasteiger partial charge in [0.05, 0.1) is 0 Å². The second kappa shape index (κ2) is 4.20. The van der Waals surface area contributed by atoms with Gasteiger partial charge in [-0.05, 0) is 19.6 Å². The number of rotatable bonds is 4. The summed E-state index contributed by atoms with van der Waals surface area (Å²) in [6.07, 6.45) is 4.79. The molecule has 1 unspecified atom stereocenters. The Hall–Kier alpha value is -0.143. The van der Waals surface area contributed by atoms with Gasteiger partial charge in [-0.2, -0.15) is 0 Å². The van der Waals surface area contributed by atoms with E-state index in [0.717, 1.165) is 0 Å². The van der Waals surface area contributed by atoms with Gasteiger partial charge < -0.3 is 4.21 Å². The quantitative estimate of drug-likeness (QED) is 0.406. The van der Waals surface area contributed by atoms with E-state index in [1.54, 1.807) is 19.6 Å². The predicted octanol–water partition coefficient (Wildman–Crippen LogP) is 2.57. The van der Waals surface area contributed by atoms with Crippen molar-refractivity contribution in [2.24, 2.45) is 0 Å². The monoisotopic (exact) mass is 210 g/mol. The Morgan fingerprint density at radius 1 is 1.58 bits per heavy atom. The molecule has 3 nitrogen and oxygen atoms in total. The first kappa shape index (κ1) is 11.9. The number of halogens is 1. The summed E-state index contributed by atoms with van der Waals surface area (Å²) >= 11 is 0. The molecule has 0 aromatic carbocycles. The topological polar surface area (TPSA) is 35.5 Å². The standard InChI is InChI=1S/C6H12FO3PSi/c1-5-6-9-11(7,8)10-12(2,3)4/h1H,6H2,2-4H3. The van der Waals surface area contributed by atoms with Crippen molar-refractivity contribution in [3.63, 3.8) is 0 Å². The lowest BCUT2D eigenvalue weighted by molar-refractivity contribution is 0.258. The molecule has 0 rings (SSSR count). The van der Waals surface area contributed by atoms with Crippen LogP contribution in [0.1, 0.15) is 0 Å². The summed E-state index contributed by atoms with van der Waals surface area (Å²) in [7, 11) is -6.59. The van der Waals surface area contributed by atoms with Crippen LogP contribution in [0.15, 0.2) is 0 Å². The van der Waals surface area contributed by atoms with Gasteiger partial charge in [-0.25, -0.2) is 4.57 Å². The maximum absolute atomic E-state index is 12.8. The summed E-state index contributed by atoms with van der Waals surface area (Å²) in [4.78, 5) is 0. The van der Waals surface area contributed by atoms with Gasteiger partial charge in [0.15, 0.2) is 8.32 Å². The zero-order valence-electron chi connectivity index (χ0n) is 7.33. The van der Waals surface area contributed by atoms with E-state index in [1.807, 2.05) is 5.92 Å². The molecule has 0 heterocycles. The van der Waals surface area contributed by atoms with E-state index in [4.69, 9.17) is 6.42 Å². The van der Waals surface area contributed by atoms with Gasteiger partial charge >= 0.3 is 7.91 Å². The Morgan fingerprint density at radius 3 is 2.42 bits per heavy atom. The molecule has 0 aliphatic carbocycles. The molecule has 0 fully saturated rings. The molecule has 0 aliphatic heterocycles. The van der Waals surface area contributed by atoms with Crippen molar-refractivity contribution in [3.8, 4) is 12.3 Å². The van der Waals surface area contributed by atoms with Crippen molar-refractivity contribution in [3.05, 3.63) is 0 Å².